The Morgan fingerprint density at radius 2 is 1.81 bits per heavy atom. The Balaban J connectivity index is 2.08. The third kappa shape index (κ3) is 3.88. The van der Waals surface area contributed by atoms with Gasteiger partial charge in [0.25, 0.3) is 15.7 Å². The van der Waals surface area contributed by atoms with Crippen molar-refractivity contribution in [2.75, 3.05) is 5.43 Å². The van der Waals surface area contributed by atoms with Gasteiger partial charge in [0.05, 0.1) is 10.6 Å². The molecule has 0 radical (unpaired) electrons. The molecule has 0 amide bonds. The number of pyridine rings is 1. The molecule has 10 heteroatoms. The maximum atomic E-state index is 11.9. The fraction of sp³-hybridized carbons (Fsp3) is 0. The first-order chi connectivity index (χ1) is 9.88. The van der Waals surface area contributed by atoms with E-state index in [4.69, 9.17) is 11.6 Å². The summed E-state index contributed by atoms with van der Waals surface area (Å²) in [5.41, 5.74) is 2.70. The van der Waals surface area contributed by atoms with Gasteiger partial charge in [-0.25, -0.2) is 13.4 Å². The molecule has 0 aliphatic rings. The number of anilines is 1. The van der Waals surface area contributed by atoms with E-state index in [1.807, 2.05) is 0 Å². The van der Waals surface area contributed by atoms with Crippen molar-refractivity contribution in [3.8, 4) is 0 Å². The van der Waals surface area contributed by atoms with Crippen LogP contribution >= 0.6 is 11.6 Å². The molecular weight excluding hydrogens is 320 g/mol. The molecule has 2 rings (SSSR count). The normalized spacial score (nSPS) is 11.1. The Hall–Kier alpha value is -2.23. The van der Waals surface area contributed by atoms with E-state index in [2.05, 4.69) is 15.2 Å². The second-order valence-electron chi connectivity index (χ2n) is 3.85. The molecule has 0 unspecified atom stereocenters. The van der Waals surface area contributed by atoms with Crippen LogP contribution in [0.3, 0.4) is 0 Å². The average molecular weight is 329 g/mol. The summed E-state index contributed by atoms with van der Waals surface area (Å²) in [5, 5.41) is 10.7. The predicted molar refractivity (Wildman–Crippen MR) is 76.3 cm³/mol. The SMILES string of the molecule is O=[N+]([O-])c1ccc(NNS(=O)(=O)c2ccc(Cl)nc2)cc1. The molecule has 0 aliphatic carbocycles. The second-order valence-corrected chi connectivity index (χ2v) is 5.92. The van der Waals surface area contributed by atoms with E-state index in [-0.39, 0.29) is 15.7 Å². The number of hydrogen-bond acceptors (Lipinski definition) is 6. The van der Waals surface area contributed by atoms with Crippen LogP contribution < -0.4 is 10.3 Å². The second kappa shape index (κ2) is 6.04. The number of benzene rings is 1. The van der Waals surface area contributed by atoms with Crippen LogP contribution in [0, 0.1) is 10.1 Å². The number of halogens is 1. The molecule has 1 heterocycles. The van der Waals surface area contributed by atoms with Gasteiger partial charge in [0.2, 0.25) is 0 Å². The molecule has 0 aliphatic heterocycles. The summed E-state index contributed by atoms with van der Waals surface area (Å²) in [6.07, 6.45) is 1.11. The van der Waals surface area contributed by atoms with Gasteiger partial charge >= 0.3 is 0 Å². The first kappa shape index (κ1) is 15.2. The van der Waals surface area contributed by atoms with Gasteiger partial charge in [-0.3, -0.25) is 10.1 Å². The smallest absolute Gasteiger partial charge is 0.269 e. The van der Waals surface area contributed by atoms with Crippen molar-refractivity contribution in [1.82, 2.24) is 9.82 Å². The molecular formula is C11H9ClN4O4S. The number of hydrazine groups is 1. The predicted octanol–water partition coefficient (Wildman–Crippen LogP) is 1.95. The van der Waals surface area contributed by atoms with Crippen LogP contribution in [-0.2, 0) is 10.0 Å². The number of nitro groups is 1. The van der Waals surface area contributed by atoms with E-state index in [1.54, 1.807) is 0 Å². The zero-order valence-corrected chi connectivity index (χ0v) is 11.9. The number of non-ortho nitro benzene ring substituents is 1. The first-order valence-corrected chi connectivity index (χ1v) is 7.38. The molecule has 2 aromatic rings. The highest BCUT2D eigenvalue weighted by Crippen LogP contribution is 2.15. The largest absolute Gasteiger partial charge is 0.308 e. The summed E-state index contributed by atoms with van der Waals surface area (Å²) in [5.74, 6) is 0. The molecule has 8 nitrogen and oxygen atoms in total. The van der Waals surface area contributed by atoms with Crippen molar-refractivity contribution in [3.05, 3.63) is 57.9 Å². The van der Waals surface area contributed by atoms with E-state index in [0.717, 1.165) is 6.20 Å². The van der Waals surface area contributed by atoms with E-state index in [0.29, 0.717) is 5.69 Å². The number of rotatable bonds is 5. The van der Waals surface area contributed by atoms with Gasteiger partial charge in [-0.05, 0) is 24.3 Å². The first-order valence-electron chi connectivity index (χ1n) is 5.52. The highest BCUT2D eigenvalue weighted by atomic mass is 35.5. The summed E-state index contributed by atoms with van der Waals surface area (Å²) in [4.78, 5) is 15.7. The molecule has 0 fully saturated rings. The zero-order valence-electron chi connectivity index (χ0n) is 10.4. The molecule has 2 N–H and O–H groups in total. The average Bonchev–Trinajstić information content (AvgIpc) is 2.46. The van der Waals surface area contributed by atoms with E-state index < -0.39 is 14.9 Å². The van der Waals surface area contributed by atoms with E-state index in [9.17, 15) is 18.5 Å². The van der Waals surface area contributed by atoms with Crippen LogP contribution in [0.4, 0.5) is 11.4 Å². The van der Waals surface area contributed by atoms with Crippen LogP contribution in [0.1, 0.15) is 0 Å². The summed E-state index contributed by atoms with van der Waals surface area (Å²) in [6, 6.07) is 7.90. The molecule has 0 spiro atoms. The zero-order chi connectivity index (χ0) is 15.5. The van der Waals surface area contributed by atoms with Crippen molar-refractivity contribution in [1.29, 1.82) is 0 Å². The lowest BCUT2D eigenvalue weighted by molar-refractivity contribution is -0.384. The van der Waals surface area contributed by atoms with Gasteiger partial charge in [0, 0.05) is 18.3 Å². The molecule has 0 bridgehead atoms. The van der Waals surface area contributed by atoms with Crippen molar-refractivity contribution in [3.63, 3.8) is 0 Å². The fourth-order valence-corrected chi connectivity index (χ4v) is 2.29. The standard InChI is InChI=1S/C11H9ClN4O4S/c12-11-6-5-10(7-13-11)21(19,20)15-14-8-1-3-9(4-2-8)16(17)18/h1-7,14-15H. The lowest BCUT2D eigenvalue weighted by Crippen LogP contribution is -2.29. The topological polar surface area (TPSA) is 114 Å². The molecule has 0 saturated heterocycles. The van der Waals surface area contributed by atoms with Crippen LogP contribution in [0.25, 0.3) is 0 Å². The van der Waals surface area contributed by atoms with Crippen molar-refractivity contribution < 1.29 is 13.3 Å². The summed E-state index contributed by atoms with van der Waals surface area (Å²) >= 11 is 5.58. The van der Waals surface area contributed by atoms with Crippen LogP contribution in [0.5, 0.6) is 0 Å². The number of nitrogens with zero attached hydrogens (tertiary/aromatic N) is 2. The Morgan fingerprint density at radius 3 is 2.33 bits per heavy atom. The minimum absolute atomic E-state index is 0.0682. The lowest BCUT2D eigenvalue weighted by atomic mass is 10.3. The molecule has 110 valence electrons. The van der Waals surface area contributed by atoms with Gasteiger partial charge in [-0.15, -0.1) is 4.83 Å². The van der Waals surface area contributed by atoms with Gasteiger partial charge in [0.1, 0.15) is 10.0 Å². The minimum atomic E-state index is -3.82. The Labute approximate surface area is 124 Å². The summed E-state index contributed by atoms with van der Waals surface area (Å²) < 4.78 is 23.9. The minimum Gasteiger partial charge on any atom is -0.308 e. The lowest BCUT2D eigenvalue weighted by Gasteiger charge is -2.09. The van der Waals surface area contributed by atoms with Crippen molar-refractivity contribution in [2.24, 2.45) is 0 Å². The van der Waals surface area contributed by atoms with Gasteiger partial charge < -0.3 is 5.43 Å². The third-order valence-corrected chi connectivity index (χ3v) is 3.87. The maximum Gasteiger partial charge on any atom is 0.269 e. The highest BCUT2D eigenvalue weighted by molar-refractivity contribution is 7.89. The van der Waals surface area contributed by atoms with Crippen LogP contribution in [0.15, 0.2) is 47.5 Å². The Kier molecular flexibility index (Phi) is 4.36. The Bertz CT molecular complexity index is 747. The van der Waals surface area contributed by atoms with Crippen LogP contribution in [-0.4, -0.2) is 18.3 Å². The third-order valence-electron chi connectivity index (χ3n) is 2.42. The van der Waals surface area contributed by atoms with Crippen molar-refractivity contribution in [2.45, 2.75) is 4.90 Å². The monoisotopic (exact) mass is 328 g/mol. The molecule has 0 saturated carbocycles. The fourth-order valence-electron chi connectivity index (χ4n) is 1.37. The van der Waals surface area contributed by atoms with E-state index in [1.165, 1.54) is 36.4 Å². The molecule has 21 heavy (non-hydrogen) atoms. The molecule has 1 aromatic carbocycles. The van der Waals surface area contributed by atoms with Gasteiger partial charge in [-0.1, -0.05) is 11.6 Å². The molecule has 0 atom stereocenters. The maximum absolute atomic E-state index is 11.9. The summed E-state index contributed by atoms with van der Waals surface area (Å²) in [7, 11) is -3.82. The van der Waals surface area contributed by atoms with Crippen molar-refractivity contribution >= 4 is 33.0 Å². The van der Waals surface area contributed by atoms with Crippen LogP contribution in [0.2, 0.25) is 5.15 Å². The number of sulfonamides is 1. The number of nitrogens with one attached hydrogen (secondary N) is 2. The molecule has 1 aromatic heterocycles. The number of nitro benzene ring substituents is 1. The number of hydrogen-bond donors (Lipinski definition) is 2. The van der Waals surface area contributed by atoms with E-state index >= 15 is 0 Å². The number of aromatic nitrogens is 1. The Morgan fingerprint density at radius 1 is 1.14 bits per heavy atom. The van der Waals surface area contributed by atoms with Gasteiger partial charge in [0.15, 0.2) is 0 Å². The van der Waals surface area contributed by atoms with Gasteiger partial charge in [-0.2, -0.15) is 0 Å². The highest BCUT2D eigenvalue weighted by Gasteiger charge is 2.14. The summed E-state index contributed by atoms with van der Waals surface area (Å²) in [6.45, 7) is 0. The quantitative estimate of drug-likeness (QED) is 0.492.